The fourth-order valence-corrected chi connectivity index (χ4v) is 1.81. The van der Waals surface area contributed by atoms with Crippen LogP contribution in [0.15, 0.2) is 60.7 Å². The van der Waals surface area contributed by atoms with E-state index in [0.717, 1.165) is 10.5 Å². The number of benzene rings is 2. The number of carbonyl (C=O) groups is 2. The number of rotatable bonds is 2. The van der Waals surface area contributed by atoms with Gasteiger partial charge in [0.25, 0.3) is 0 Å². The van der Waals surface area contributed by atoms with Gasteiger partial charge in [0.2, 0.25) is 5.91 Å². The first-order valence-corrected chi connectivity index (χ1v) is 6.71. The van der Waals surface area contributed by atoms with Gasteiger partial charge in [-0.05, 0) is 24.3 Å². The lowest BCUT2D eigenvalue weighted by Crippen LogP contribution is -2.35. The molecule has 3 heteroatoms. The third-order valence-electron chi connectivity index (χ3n) is 2.86. The minimum absolute atomic E-state index is 0.244. The quantitative estimate of drug-likeness (QED) is 0.791. The van der Waals surface area contributed by atoms with E-state index in [1.807, 2.05) is 36.4 Å². The zero-order valence-corrected chi connectivity index (χ0v) is 11.7. The number of nitrogens with zero attached hydrogens (tertiary/aromatic N) is 1. The number of anilines is 1. The van der Waals surface area contributed by atoms with Crippen LogP contribution in [0.5, 0.6) is 0 Å². The van der Waals surface area contributed by atoms with Crippen molar-refractivity contribution >= 4 is 17.5 Å². The smallest absolute Gasteiger partial charge is 0.274 e. The van der Waals surface area contributed by atoms with Crippen LogP contribution in [-0.2, 0) is 9.59 Å². The molecule has 0 aliphatic carbocycles. The summed E-state index contributed by atoms with van der Waals surface area (Å²) < 4.78 is 0. The van der Waals surface area contributed by atoms with E-state index in [-0.39, 0.29) is 12.3 Å². The number of carbonyl (C=O) groups excluding carboxylic acids is 2. The Morgan fingerprint density at radius 3 is 2.10 bits per heavy atom. The van der Waals surface area contributed by atoms with Crippen molar-refractivity contribution in [1.29, 1.82) is 0 Å². The summed E-state index contributed by atoms with van der Waals surface area (Å²) in [6, 6.07) is 18.0. The van der Waals surface area contributed by atoms with Gasteiger partial charge in [0.1, 0.15) is 0 Å². The highest BCUT2D eigenvalue weighted by Crippen LogP contribution is 2.14. The molecular formula is C18H15NO2. The molecule has 21 heavy (non-hydrogen) atoms. The van der Waals surface area contributed by atoms with Crippen LogP contribution < -0.4 is 4.90 Å². The Labute approximate surface area is 124 Å². The molecule has 0 N–H and O–H groups in total. The van der Waals surface area contributed by atoms with Crippen LogP contribution in [0.2, 0.25) is 0 Å². The maximum absolute atomic E-state index is 12.2. The highest BCUT2D eigenvalue weighted by Gasteiger charge is 2.20. The first-order valence-electron chi connectivity index (χ1n) is 6.71. The van der Waals surface area contributed by atoms with Gasteiger partial charge >= 0.3 is 5.91 Å². The van der Waals surface area contributed by atoms with Gasteiger partial charge in [-0.1, -0.05) is 49.2 Å². The molecule has 0 atom stereocenters. The molecule has 104 valence electrons. The molecule has 0 bridgehead atoms. The largest absolute Gasteiger partial charge is 0.310 e. The average Bonchev–Trinajstić information content (AvgIpc) is 2.55. The molecule has 0 spiro atoms. The average molecular weight is 277 g/mol. The zero-order valence-electron chi connectivity index (χ0n) is 11.7. The third kappa shape index (κ3) is 3.80. The van der Waals surface area contributed by atoms with Crippen molar-refractivity contribution in [3.8, 4) is 11.8 Å². The molecule has 2 amide bonds. The summed E-state index contributed by atoms with van der Waals surface area (Å²) in [5.74, 6) is 4.52. The molecular weight excluding hydrogens is 262 g/mol. The second-order valence-electron chi connectivity index (χ2n) is 4.34. The summed E-state index contributed by atoms with van der Waals surface area (Å²) in [5.41, 5.74) is 1.28. The molecule has 3 nitrogen and oxygen atoms in total. The Kier molecular flexibility index (Phi) is 4.89. The molecule has 0 saturated carbocycles. The first kappa shape index (κ1) is 14.5. The molecule has 0 aliphatic rings. The zero-order chi connectivity index (χ0) is 15.1. The summed E-state index contributed by atoms with van der Waals surface area (Å²) in [4.78, 5) is 25.4. The topological polar surface area (TPSA) is 37.4 Å². The van der Waals surface area contributed by atoms with E-state index in [1.54, 1.807) is 31.2 Å². The lowest BCUT2D eigenvalue weighted by Gasteiger charge is -2.17. The lowest BCUT2D eigenvalue weighted by molar-refractivity contribution is -0.123. The number of amides is 2. The molecule has 0 fully saturated rings. The van der Waals surface area contributed by atoms with Crippen LogP contribution >= 0.6 is 0 Å². The maximum Gasteiger partial charge on any atom is 0.310 e. The fraction of sp³-hybridized carbons (Fsp3) is 0.111. The first-order chi connectivity index (χ1) is 10.2. The highest BCUT2D eigenvalue weighted by atomic mass is 16.2. The number of hydrogen-bond acceptors (Lipinski definition) is 2. The van der Waals surface area contributed by atoms with E-state index in [0.29, 0.717) is 5.69 Å². The monoisotopic (exact) mass is 277 g/mol. The molecule has 0 radical (unpaired) electrons. The molecule has 2 aromatic carbocycles. The number of imide groups is 1. The Balaban J connectivity index is 2.28. The van der Waals surface area contributed by atoms with E-state index < -0.39 is 5.91 Å². The van der Waals surface area contributed by atoms with Crippen LogP contribution in [-0.4, -0.2) is 11.8 Å². The van der Waals surface area contributed by atoms with Crippen molar-refractivity contribution < 1.29 is 9.59 Å². The van der Waals surface area contributed by atoms with Crippen LogP contribution in [0.4, 0.5) is 5.69 Å². The highest BCUT2D eigenvalue weighted by molar-refractivity contribution is 6.21. The van der Waals surface area contributed by atoms with Gasteiger partial charge in [0, 0.05) is 17.9 Å². The fourth-order valence-electron chi connectivity index (χ4n) is 1.81. The predicted molar refractivity (Wildman–Crippen MR) is 82.5 cm³/mol. The van der Waals surface area contributed by atoms with E-state index in [9.17, 15) is 9.59 Å². The molecule has 0 heterocycles. The second kappa shape index (κ2) is 7.06. The minimum Gasteiger partial charge on any atom is -0.274 e. The van der Waals surface area contributed by atoms with Crippen LogP contribution in [0.3, 0.4) is 0 Å². The SMILES string of the molecule is CCC(=O)N(C(=O)C#Cc1ccccc1)c1ccccc1. The van der Waals surface area contributed by atoms with E-state index >= 15 is 0 Å². The standard InChI is InChI=1S/C18H15NO2/c1-2-17(20)19(16-11-7-4-8-12-16)18(21)14-13-15-9-5-3-6-10-15/h3-12H,2H2,1H3. The van der Waals surface area contributed by atoms with Gasteiger partial charge < -0.3 is 0 Å². The summed E-state index contributed by atoms with van der Waals surface area (Å²) >= 11 is 0. The summed E-state index contributed by atoms with van der Waals surface area (Å²) in [5, 5.41) is 0. The molecule has 0 saturated heterocycles. The van der Waals surface area contributed by atoms with Gasteiger partial charge in [-0.25, -0.2) is 4.90 Å². The van der Waals surface area contributed by atoms with E-state index in [2.05, 4.69) is 11.8 Å². The van der Waals surface area contributed by atoms with Gasteiger partial charge in [-0.3, -0.25) is 9.59 Å². The number of para-hydroxylation sites is 1. The Morgan fingerprint density at radius 2 is 1.52 bits per heavy atom. The van der Waals surface area contributed by atoms with Crippen LogP contribution in [0, 0.1) is 11.8 Å². The lowest BCUT2D eigenvalue weighted by atomic mass is 10.2. The molecule has 0 unspecified atom stereocenters. The summed E-state index contributed by atoms with van der Waals surface area (Å²) in [6.07, 6.45) is 0.244. The van der Waals surface area contributed by atoms with Crippen molar-refractivity contribution in [2.45, 2.75) is 13.3 Å². The van der Waals surface area contributed by atoms with Crippen LogP contribution in [0.25, 0.3) is 0 Å². The summed E-state index contributed by atoms with van der Waals surface area (Å²) in [6.45, 7) is 1.72. The maximum atomic E-state index is 12.2. The second-order valence-corrected chi connectivity index (χ2v) is 4.34. The Hall–Kier alpha value is -2.86. The van der Waals surface area contributed by atoms with Crippen molar-refractivity contribution in [2.24, 2.45) is 0 Å². The van der Waals surface area contributed by atoms with Gasteiger partial charge in [0.15, 0.2) is 0 Å². The van der Waals surface area contributed by atoms with Gasteiger partial charge in [0.05, 0.1) is 5.69 Å². The van der Waals surface area contributed by atoms with Gasteiger partial charge in [-0.15, -0.1) is 0 Å². The van der Waals surface area contributed by atoms with Crippen molar-refractivity contribution in [3.63, 3.8) is 0 Å². The third-order valence-corrected chi connectivity index (χ3v) is 2.86. The minimum atomic E-state index is -0.517. The van der Waals surface area contributed by atoms with Crippen molar-refractivity contribution in [2.75, 3.05) is 4.90 Å². The molecule has 0 aliphatic heterocycles. The van der Waals surface area contributed by atoms with E-state index in [4.69, 9.17) is 0 Å². The Bertz CT molecular complexity index is 681. The number of hydrogen-bond donors (Lipinski definition) is 0. The van der Waals surface area contributed by atoms with Crippen molar-refractivity contribution in [1.82, 2.24) is 0 Å². The molecule has 0 aromatic heterocycles. The Morgan fingerprint density at radius 1 is 0.952 bits per heavy atom. The predicted octanol–water partition coefficient (Wildman–Crippen LogP) is 3.01. The summed E-state index contributed by atoms with van der Waals surface area (Å²) in [7, 11) is 0. The molecule has 2 rings (SSSR count). The van der Waals surface area contributed by atoms with Crippen LogP contribution in [0.1, 0.15) is 18.9 Å². The molecule has 2 aromatic rings. The normalized spacial score (nSPS) is 9.38. The van der Waals surface area contributed by atoms with Crippen molar-refractivity contribution in [3.05, 3.63) is 66.2 Å². The van der Waals surface area contributed by atoms with Gasteiger partial charge in [-0.2, -0.15) is 0 Å². The van der Waals surface area contributed by atoms with E-state index in [1.165, 1.54) is 0 Å².